The molecule has 3 aromatic rings. The highest BCUT2D eigenvalue weighted by molar-refractivity contribution is 7.20. The van der Waals surface area contributed by atoms with E-state index in [1.165, 1.54) is 17.8 Å². The lowest BCUT2D eigenvalue weighted by molar-refractivity contribution is -0.125. The first-order chi connectivity index (χ1) is 14.8. The molecule has 3 unspecified atom stereocenters. The maximum absolute atomic E-state index is 12.6. The quantitative estimate of drug-likeness (QED) is 0.535. The van der Waals surface area contributed by atoms with E-state index in [1.807, 2.05) is 25.1 Å². The van der Waals surface area contributed by atoms with E-state index >= 15 is 0 Å². The van der Waals surface area contributed by atoms with Gasteiger partial charge < -0.3 is 10.1 Å². The molecular formula is C23H26ClN3O3S. The van der Waals surface area contributed by atoms with Crippen LogP contribution < -0.4 is 5.32 Å². The van der Waals surface area contributed by atoms with Gasteiger partial charge in [-0.1, -0.05) is 50.4 Å². The van der Waals surface area contributed by atoms with Gasteiger partial charge in [0.25, 0.3) is 5.91 Å². The molecule has 4 rings (SSSR count). The summed E-state index contributed by atoms with van der Waals surface area (Å²) in [6.07, 6.45) is 3.28. The Bertz CT molecular complexity index is 1120. The second-order valence-corrected chi connectivity index (χ2v) is 9.73. The lowest BCUT2D eigenvalue weighted by Crippen LogP contribution is -2.45. The molecule has 31 heavy (non-hydrogen) atoms. The van der Waals surface area contributed by atoms with Crippen LogP contribution in [0.1, 0.15) is 48.5 Å². The van der Waals surface area contributed by atoms with Crippen molar-refractivity contribution in [2.24, 2.45) is 11.8 Å². The summed E-state index contributed by atoms with van der Waals surface area (Å²) in [7, 11) is 0. The van der Waals surface area contributed by atoms with Crippen LogP contribution in [0.25, 0.3) is 15.9 Å². The Morgan fingerprint density at radius 2 is 2.06 bits per heavy atom. The van der Waals surface area contributed by atoms with Gasteiger partial charge >= 0.3 is 5.97 Å². The highest BCUT2D eigenvalue weighted by atomic mass is 35.5. The van der Waals surface area contributed by atoms with Crippen LogP contribution in [0.15, 0.2) is 30.3 Å². The van der Waals surface area contributed by atoms with Crippen LogP contribution in [0.5, 0.6) is 0 Å². The molecule has 6 nitrogen and oxygen atoms in total. The average Bonchev–Trinajstić information content (AvgIpc) is 3.31. The Balaban J connectivity index is 1.44. The number of ether oxygens (including phenoxy) is 1. The predicted molar refractivity (Wildman–Crippen MR) is 123 cm³/mol. The average molecular weight is 460 g/mol. The van der Waals surface area contributed by atoms with Gasteiger partial charge in [-0.3, -0.25) is 4.79 Å². The zero-order valence-corrected chi connectivity index (χ0v) is 19.4. The van der Waals surface area contributed by atoms with E-state index in [1.54, 1.807) is 16.8 Å². The Kier molecular flexibility index (Phi) is 6.34. The molecule has 0 bridgehead atoms. The number of para-hydroxylation sites is 1. The predicted octanol–water partition coefficient (Wildman–Crippen LogP) is 5.15. The summed E-state index contributed by atoms with van der Waals surface area (Å²) < 4.78 is 7.05. The highest BCUT2D eigenvalue weighted by Gasteiger charge is 2.28. The van der Waals surface area contributed by atoms with Crippen molar-refractivity contribution < 1.29 is 14.3 Å². The molecule has 1 aliphatic carbocycles. The zero-order valence-electron chi connectivity index (χ0n) is 17.9. The van der Waals surface area contributed by atoms with Crippen LogP contribution in [0.4, 0.5) is 0 Å². The van der Waals surface area contributed by atoms with Crippen molar-refractivity contribution in [3.63, 3.8) is 0 Å². The Morgan fingerprint density at radius 1 is 1.29 bits per heavy atom. The SMILES string of the molecule is Cc1nn(-c2ccccc2Cl)c2sc(C(=O)OCC(=O)NC3CCCC(C)C3C)cc12. The van der Waals surface area contributed by atoms with Crippen LogP contribution in [0, 0.1) is 18.8 Å². The van der Waals surface area contributed by atoms with Crippen molar-refractivity contribution in [2.45, 2.75) is 46.1 Å². The molecule has 1 aliphatic rings. The number of aromatic nitrogens is 2. The highest BCUT2D eigenvalue weighted by Crippen LogP contribution is 2.33. The Morgan fingerprint density at radius 3 is 2.84 bits per heavy atom. The standard InChI is InChI=1S/C23H26ClN3O3S/c1-13-7-6-9-18(14(13)2)25-21(28)12-30-23(29)20-11-16-15(3)26-27(22(16)31-20)19-10-5-4-8-17(19)24/h4-5,8,10-11,13-14,18H,6-7,9,12H2,1-3H3,(H,25,28). The number of fused-ring (bicyclic) bond motifs is 1. The monoisotopic (exact) mass is 459 g/mol. The van der Waals surface area contributed by atoms with Crippen molar-refractivity contribution in [1.82, 2.24) is 15.1 Å². The lowest BCUT2D eigenvalue weighted by Gasteiger charge is -2.34. The third-order valence-electron chi connectivity index (χ3n) is 6.21. The largest absolute Gasteiger partial charge is 0.451 e. The summed E-state index contributed by atoms with van der Waals surface area (Å²) in [5, 5.41) is 9.04. The minimum Gasteiger partial charge on any atom is -0.451 e. The molecule has 0 radical (unpaired) electrons. The molecule has 0 spiro atoms. The molecule has 1 saturated carbocycles. The van der Waals surface area contributed by atoms with E-state index in [-0.39, 0.29) is 18.6 Å². The fraction of sp³-hybridized carbons (Fsp3) is 0.435. The summed E-state index contributed by atoms with van der Waals surface area (Å²) in [5.74, 6) is 0.248. The molecule has 1 fully saturated rings. The third-order valence-corrected chi connectivity index (χ3v) is 7.62. The third kappa shape index (κ3) is 4.48. The first-order valence-electron chi connectivity index (χ1n) is 10.6. The van der Waals surface area contributed by atoms with Gasteiger partial charge in [0, 0.05) is 11.4 Å². The molecule has 8 heteroatoms. The number of amides is 1. The van der Waals surface area contributed by atoms with E-state index in [0.29, 0.717) is 21.7 Å². The molecule has 1 aromatic carbocycles. The second kappa shape index (κ2) is 9.01. The van der Waals surface area contributed by atoms with E-state index in [0.717, 1.165) is 34.4 Å². The Labute approximate surface area is 190 Å². The van der Waals surface area contributed by atoms with Crippen LogP contribution in [0.3, 0.4) is 0 Å². The number of nitrogens with one attached hydrogen (secondary N) is 1. The summed E-state index contributed by atoms with van der Waals surface area (Å²) in [6, 6.07) is 9.33. The van der Waals surface area contributed by atoms with Gasteiger partial charge in [-0.25, -0.2) is 9.48 Å². The molecule has 0 saturated heterocycles. The number of nitrogens with zero attached hydrogens (tertiary/aromatic N) is 2. The molecule has 2 aromatic heterocycles. The van der Waals surface area contributed by atoms with Gasteiger partial charge in [0.2, 0.25) is 0 Å². The number of carbonyl (C=O) groups excluding carboxylic acids is 2. The first-order valence-corrected chi connectivity index (χ1v) is 11.7. The topological polar surface area (TPSA) is 73.2 Å². The molecule has 164 valence electrons. The number of halogens is 1. The summed E-state index contributed by atoms with van der Waals surface area (Å²) in [6.45, 7) is 6.00. The molecule has 3 atom stereocenters. The van der Waals surface area contributed by atoms with E-state index < -0.39 is 5.97 Å². The van der Waals surface area contributed by atoms with Crippen LogP contribution in [-0.4, -0.2) is 34.3 Å². The number of carbonyl (C=O) groups is 2. The summed E-state index contributed by atoms with van der Waals surface area (Å²) >= 11 is 7.61. The normalized spacial score (nSPS) is 21.2. The van der Waals surface area contributed by atoms with Crippen LogP contribution >= 0.6 is 22.9 Å². The minimum atomic E-state index is -0.508. The molecule has 2 heterocycles. The van der Waals surface area contributed by atoms with Gasteiger partial charge in [0.05, 0.1) is 16.4 Å². The zero-order chi connectivity index (χ0) is 22.1. The number of esters is 1. The molecule has 1 N–H and O–H groups in total. The molecule has 0 aliphatic heterocycles. The molecule has 1 amide bonds. The maximum atomic E-state index is 12.6. The van der Waals surface area contributed by atoms with Crippen LogP contribution in [-0.2, 0) is 9.53 Å². The fourth-order valence-corrected chi connectivity index (χ4v) is 5.46. The maximum Gasteiger partial charge on any atom is 0.348 e. The van der Waals surface area contributed by atoms with Gasteiger partial charge in [-0.2, -0.15) is 5.10 Å². The number of thiophene rings is 1. The number of aryl methyl sites for hydroxylation is 1. The lowest BCUT2D eigenvalue weighted by atomic mass is 9.78. The van der Waals surface area contributed by atoms with E-state index in [2.05, 4.69) is 24.3 Å². The van der Waals surface area contributed by atoms with E-state index in [9.17, 15) is 9.59 Å². The van der Waals surface area contributed by atoms with Gasteiger partial charge in [-0.15, -0.1) is 11.3 Å². The van der Waals surface area contributed by atoms with Gasteiger partial charge in [-0.05, 0) is 43.4 Å². The Hall–Kier alpha value is -2.38. The summed E-state index contributed by atoms with van der Waals surface area (Å²) in [4.78, 5) is 26.2. The van der Waals surface area contributed by atoms with Crippen molar-refractivity contribution in [3.05, 3.63) is 45.9 Å². The van der Waals surface area contributed by atoms with Crippen LogP contribution in [0.2, 0.25) is 5.02 Å². The fourth-order valence-electron chi connectivity index (χ4n) is 4.17. The van der Waals surface area contributed by atoms with Crippen molar-refractivity contribution in [1.29, 1.82) is 0 Å². The minimum absolute atomic E-state index is 0.142. The van der Waals surface area contributed by atoms with Gasteiger partial charge in [0.15, 0.2) is 6.61 Å². The molecular weight excluding hydrogens is 434 g/mol. The van der Waals surface area contributed by atoms with Gasteiger partial charge in [0.1, 0.15) is 9.71 Å². The summed E-state index contributed by atoms with van der Waals surface area (Å²) in [5.41, 5.74) is 1.54. The number of hydrogen-bond acceptors (Lipinski definition) is 5. The number of benzene rings is 1. The number of hydrogen-bond donors (Lipinski definition) is 1. The van der Waals surface area contributed by atoms with Crippen molar-refractivity contribution in [3.8, 4) is 5.69 Å². The smallest absolute Gasteiger partial charge is 0.348 e. The van der Waals surface area contributed by atoms with E-state index in [4.69, 9.17) is 16.3 Å². The van der Waals surface area contributed by atoms with Crippen molar-refractivity contribution in [2.75, 3.05) is 6.61 Å². The number of rotatable bonds is 5. The van der Waals surface area contributed by atoms with Crippen molar-refractivity contribution >= 4 is 45.0 Å². The first kappa shape index (κ1) is 21.8. The second-order valence-electron chi connectivity index (χ2n) is 8.30.